The van der Waals surface area contributed by atoms with Gasteiger partial charge in [-0.25, -0.2) is 0 Å². The standard InChI is InChI=1S/C20H28N2O2/c23-19(15-16-9-4-3-5-10-16)22-14-8-13-18(22)20(24)21-17-11-6-1-2-7-12-17/h3-5,9-10,17-18H,1-2,6-8,11-15H2,(H,21,24). The predicted molar refractivity (Wildman–Crippen MR) is 94.5 cm³/mol. The quantitative estimate of drug-likeness (QED) is 0.864. The smallest absolute Gasteiger partial charge is 0.243 e. The molecule has 1 heterocycles. The second-order valence-electron chi connectivity index (χ2n) is 7.10. The van der Waals surface area contributed by atoms with Gasteiger partial charge in [-0.1, -0.05) is 56.0 Å². The summed E-state index contributed by atoms with van der Waals surface area (Å²) in [6.45, 7) is 0.703. The molecule has 24 heavy (non-hydrogen) atoms. The van der Waals surface area contributed by atoms with Gasteiger partial charge in [0.25, 0.3) is 0 Å². The van der Waals surface area contributed by atoms with Crippen molar-refractivity contribution in [1.82, 2.24) is 10.2 Å². The van der Waals surface area contributed by atoms with Crippen LogP contribution in [0.1, 0.15) is 56.9 Å². The predicted octanol–water partition coefficient (Wildman–Crippen LogP) is 3.06. The van der Waals surface area contributed by atoms with Crippen molar-refractivity contribution in [3.63, 3.8) is 0 Å². The molecule has 1 aromatic rings. The molecule has 1 N–H and O–H groups in total. The monoisotopic (exact) mass is 328 g/mol. The fourth-order valence-corrected chi connectivity index (χ4v) is 3.93. The van der Waals surface area contributed by atoms with Crippen LogP contribution in [0.5, 0.6) is 0 Å². The zero-order valence-corrected chi connectivity index (χ0v) is 14.4. The van der Waals surface area contributed by atoms with Crippen LogP contribution in [0.25, 0.3) is 0 Å². The second-order valence-corrected chi connectivity index (χ2v) is 7.10. The van der Waals surface area contributed by atoms with Crippen molar-refractivity contribution in [2.75, 3.05) is 6.54 Å². The molecule has 1 aliphatic heterocycles. The number of hydrogen-bond donors (Lipinski definition) is 1. The van der Waals surface area contributed by atoms with Crippen LogP contribution in [0.3, 0.4) is 0 Å². The SMILES string of the molecule is O=C(NC1CCCCCC1)C1CCCN1C(=O)Cc1ccccc1. The van der Waals surface area contributed by atoms with Crippen LogP contribution in [0.4, 0.5) is 0 Å². The summed E-state index contributed by atoms with van der Waals surface area (Å²) >= 11 is 0. The lowest BCUT2D eigenvalue weighted by Crippen LogP contribution is -2.49. The van der Waals surface area contributed by atoms with Crippen molar-refractivity contribution < 1.29 is 9.59 Å². The average Bonchev–Trinajstić information content (AvgIpc) is 2.95. The molecule has 4 heteroatoms. The van der Waals surface area contributed by atoms with E-state index in [4.69, 9.17) is 0 Å². The molecule has 0 bridgehead atoms. The van der Waals surface area contributed by atoms with Crippen LogP contribution in [0.15, 0.2) is 30.3 Å². The van der Waals surface area contributed by atoms with Gasteiger partial charge in [0, 0.05) is 12.6 Å². The molecule has 3 rings (SSSR count). The van der Waals surface area contributed by atoms with E-state index in [-0.39, 0.29) is 17.9 Å². The van der Waals surface area contributed by atoms with Crippen molar-refractivity contribution >= 4 is 11.8 Å². The van der Waals surface area contributed by atoms with Gasteiger partial charge in [-0.2, -0.15) is 0 Å². The molecule has 4 nitrogen and oxygen atoms in total. The molecule has 130 valence electrons. The number of nitrogens with zero attached hydrogens (tertiary/aromatic N) is 1. The van der Waals surface area contributed by atoms with Crippen molar-refractivity contribution in [2.45, 2.75) is 69.9 Å². The summed E-state index contributed by atoms with van der Waals surface area (Å²) in [6, 6.07) is 9.80. The number of nitrogens with one attached hydrogen (secondary N) is 1. The van der Waals surface area contributed by atoms with Crippen molar-refractivity contribution in [3.05, 3.63) is 35.9 Å². The van der Waals surface area contributed by atoms with E-state index in [2.05, 4.69) is 5.32 Å². The Hall–Kier alpha value is -1.84. The van der Waals surface area contributed by atoms with Gasteiger partial charge in [-0.15, -0.1) is 0 Å². The minimum absolute atomic E-state index is 0.0563. The van der Waals surface area contributed by atoms with Gasteiger partial charge >= 0.3 is 0 Å². The van der Waals surface area contributed by atoms with Crippen LogP contribution in [-0.2, 0) is 16.0 Å². The average molecular weight is 328 g/mol. The van der Waals surface area contributed by atoms with Crippen molar-refractivity contribution in [1.29, 1.82) is 0 Å². The lowest BCUT2D eigenvalue weighted by atomic mass is 10.1. The first-order valence-corrected chi connectivity index (χ1v) is 9.38. The number of benzene rings is 1. The highest BCUT2D eigenvalue weighted by molar-refractivity contribution is 5.89. The fourth-order valence-electron chi connectivity index (χ4n) is 3.93. The van der Waals surface area contributed by atoms with E-state index >= 15 is 0 Å². The molecule has 1 atom stereocenters. The molecule has 0 radical (unpaired) electrons. The molecular weight excluding hydrogens is 300 g/mol. The molecule has 2 amide bonds. The molecule has 2 fully saturated rings. The molecule has 0 aromatic heterocycles. The van der Waals surface area contributed by atoms with E-state index < -0.39 is 0 Å². The van der Waals surface area contributed by atoms with Crippen LogP contribution >= 0.6 is 0 Å². The third kappa shape index (κ3) is 4.37. The zero-order valence-electron chi connectivity index (χ0n) is 14.4. The Kier molecular flexibility index (Phi) is 5.89. The zero-order chi connectivity index (χ0) is 16.8. The van der Waals surface area contributed by atoms with E-state index in [0.29, 0.717) is 19.0 Å². The topological polar surface area (TPSA) is 49.4 Å². The van der Waals surface area contributed by atoms with E-state index in [1.54, 1.807) is 4.90 Å². The van der Waals surface area contributed by atoms with Gasteiger partial charge in [0.1, 0.15) is 6.04 Å². The first-order chi connectivity index (χ1) is 11.7. The number of rotatable bonds is 4. The third-order valence-electron chi connectivity index (χ3n) is 5.28. The van der Waals surface area contributed by atoms with Gasteiger partial charge < -0.3 is 10.2 Å². The van der Waals surface area contributed by atoms with Gasteiger partial charge in [-0.05, 0) is 31.2 Å². The Labute approximate surface area is 144 Å². The molecule has 1 aliphatic carbocycles. The first kappa shape index (κ1) is 17.0. The summed E-state index contributed by atoms with van der Waals surface area (Å²) in [5.74, 6) is 0.125. The number of carbonyl (C=O) groups excluding carboxylic acids is 2. The number of likely N-dealkylation sites (tertiary alicyclic amines) is 1. The normalized spacial score (nSPS) is 22.2. The van der Waals surface area contributed by atoms with Gasteiger partial charge in [0.15, 0.2) is 0 Å². The third-order valence-corrected chi connectivity index (χ3v) is 5.28. The minimum Gasteiger partial charge on any atom is -0.352 e. The van der Waals surface area contributed by atoms with Crippen LogP contribution < -0.4 is 5.32 Å². The highest BCUT2D eigenvalue weighted by Crippen LogP contribution is 2.21. The largest absolute Gasteiger partial charge is 0.352 e. The molecule has 0 spiro atoms. The van der Waals surface area contributed by atoms with Crippen molar-refractivity contribution in [3.8, 4) is 0 Å². The van der Waals surface area contributed by atoms with Crippen LogP contribution in [-0.4, -0.2) is 35.3 Å². The Bertz CT molecular complexity index is 550. The number of amides is 2. The number of carbonyl (C=O) groups is 2. The highest BCUT2D eigenvalue weighted by atomic mass is 16.2. The molecule has 1 saturated carbocycles. The highest BCUT2D eigenvalue weighted by Gasteiger charge is 2.34. The summed E-state index contributed by atoms with van der Waals surface area (Å²) in [5.41, 5.74) is 1.01. The van der Waals surface area contributed by atoms with E-state index in [1.807, 2.05) is 30.3 Å². The van der Waals surface area contributed by atoms with Gasteiger partial charge in [-0.3, -0.25) is 9.59 Å². The van der Waals surface area contributed by atoms with Crippen LogP contribution in [0, 0.1) is 0 Å². The Balaban J connectivity index is 1.57. The Morgan fingerprint density at radius 2 is 1.67 bits per heavy atom. The number of hydrogen-bond acceptors (Lipinski definition) is 2. The molecule has 1 unspecified atom stereocenters. The molecule has 2 aliphatic rings. The van der Waals surface area contributed by atoms with Crippen molar-refractivity contribution in [2.24, 2.45) is 0 Å². The maximum atomic E-state index is 12.7. The van der Waals surface area contributed by atoms with E-state index in [9.17, 15) is 9.59 Å². The Morgan fingerprint density at radius 3 is 2.38 bits per heavy atom. The summed E-state index contributed by atoms with van der Waals surface area (Å²) in [5, 5.41) is 3.22. The maximum Gasteiger partial charge on any atom is 0.243 e. The van der Waals surface area contributed by atoms with E-state index in [0.717, 1.165) is 31.2 Å². The summed E-state index contributed by atoms with van der Waals surface area (Å²) < 4.78 is 0. The van der Waals surface area contributed by atoms with E-state index in [1.165, 1.54) is 25.7 Å². The van der Waals surface area contributed by atoms with Gasteiger partial charge in [0.05, 0.1) is 6.42 Å². The lowest BCUT2D eigenvalue weighted by Gasteiger charge is -2.26. The van der Waals surface area contributed by atoms with Gasteiger partial charge in [0.2, 0.25) is 11.8 Å². The lowest BCUT2D eigenvalue weighted by molar-refractivity contribution is -0.138. The molecule has 1 saturated heterocycles. The maximum absolute atomic E-state index is 12.7. The summed E-state index contributed by atoms with van der Waals surface area (Å²) in [4.78, 5) is 27.1. The van der Waals surface area contributed by atoms with Crippen LogP contribution in [0.2, 0.25) is 0 Å². The molecular formula is C20H28N2O2. The second kappa shape index (κ2) is 8.32. The first-order valence-electron chi connectivity index (χ1n) is 9.38. The molecule has 1 aromatic carbocycles. The fraction of sp³-hybridized carbons (Fsp3) is 0.600. The Morgan fingerprint density at radius 1 is 0.958 bits per heavy atom. The minimum atomic E-state index is -0.274. The summed E-state index contributed by atoms with van der Waals surface area (Å²) in [6.07, 6.45) is 9.21. The summed E-state index contributed by atoms with van der Waals surface area (Å²) in [7, 11) is 0.